The lowest BCUT2D eigenvalue weighted by molar-refractivity contribution is -0.152. The van der Waals surface area contributed by atoms with E-state index in [2.05, 4.69) is 5.32 Å². The van der Waals surface area contributed by atoms with Gasteiger partial charge in [-0.25, -0.2) is 0 Å². The first-order valence-corrected chi connectivity index (χ1v) is 6.47. The molecule has 0 aromatic carbocycles. The fourth-order valence-corrected chi connectivity index (χ4v) is 2.22. The Hall–Kier alpha value is -1.27. The average molecular weight is 280 g/mol. The minimum Gasteiger partial charge on any atom is -0.343 e. The highest BCUT2D eigenvalue weighted by molar-refractivity contribution is 5.96. The van der Waals surface area contributed by atoms with Crippen molar-refractivity contribution in [3.05, 3.63) is 0 Å². The van der Waals surface area contributed by atoms with E-state index in [1.807, 2.05) is 0 Å². The molecule has 2 unspecified atom stereocenters. The molecule has 4 nitrogen and oxygen atoms in total. The number of nitrogens with zero attached hydrogens (tertiary/aromatic N) is 1. The average Bonchev–Trinajstić information content (AvgIpc) is 2.31. The van der Waals surface area contributed by atoms with E-state index in [1.165, 1.54) is 4.90 Å². The van der Waals surface area contributed by atoms with Crippen molar-refractivity contribution in [2.24, 2.45) is 0 Å². The van der Waals surface area contributed by atoms with Crippen LogP contribution < -0.4 is 5.32 Å². The molecule has 110 valence electrons. The fourth-order valence-electron chi connectivity index (χ4n) is 2.22. The highest BCUT2D eigenvalue weighted by atomic mass is 19.4. The second-order valence-electron chi connectivity index (χ2n) is 4.64. The Bertz CT molecular complexity index is 344. The minimum absolute atomic E-state index is 0.0270. The van der Waals surface area contributed by atoms with Crippen molar-refractivity contribution >= 4 is 11.8 Å². The first-order valence-electron chi connectivity index (χ1n) is 6.47. The number of hydrogen-bond acceptors (Lipinski definition) is 2. The van der Waals surface area contributed by atoms with Gasteiger partial charge in [0, 0.05) is 13.0 Å². The van der Waals surface area contributed by atoms with Gasteiger partial charge in [-0.15, -0.1) is 0 Å². The summed E-state index contributed by atoms with van der Waals surface area (Å²) >= 11 is 0. The van der Waals surface area contributed by atoms with Gasteiger partial charge < -0.3 is 10.2 Å². The molecule has 1 N–H and O–H groups in total. The zero-order valence-corrected chi connectivity index (χ0v) is 11.1. The van der Waals surface area contributed by atoms with Crippen LogP contribution in [0.25, 0.3) is 0 Å². The maximum atomic E-state index is 12.1. The summed E-state index contributed by atoms with van der Waals surface area (Å²) in [4.78, 5) is 25.1. The molecule has 1 rings (SSSR count). The van der Waals surface area contributed by atoms with Gasteiger partial charge in [0.05, 0.1) is 0 Å². The zero-order chi connectivity index (χ0) is 14.6. The lowest BCUT2D eigenvalue weighted by atomic mass is 10.0. The first kappa shape index (κ1) is 15.8. The number of alkyl halides is 3. The third kappa shape index (κ3) is 4.11. The molecule has 1 aliphatic heterocycles. The Labute approximate surface area is 110 Å². The monoisotopic (exact) mass is 280 g/mol. The summed E-state index contributed by atoms with van der Waals surface area (Å²) in [5.41, 5.74) is 0. The predicted octanol–water partition coefficient (Wildman–Crippen LogP) is 1.84. The number of nitrogens with one attached hydrogen (secondary N) is 1. The van der Waals surface area contributed by atoms with Crippen molar-refractivity contribution in [1.82, 2.24) is 10.2 Å². The van der Waals surface area contributed by atoms with Gasteiger partial charge in [-0.1, -0.05) is 13.8 Å². The van der Waals surface area contributed by atoms with Crippen LogP contribution >= 0.6 is 0 Å². The maximum absolute atomic E-state index is 12.1. The number of hydrogen-bond donors (Lipinski definition) is 1. The Morgan fingerprint density at radius 3 is 2.32 bits per heavy atom. The largest absolute Gasteiger partial charge is 0.389 e. The van der Waals surface area contributed by atoms with Crippen LogP contribution in [-0.4, -0.2) is 41.5 Å². The summed E-state index contributed by atoms with van der Waals surface area (Å²) in [6, 6.07) is -1.26. The molecular formula is C12H19F3N2O2. The van der Waals surface area contributed by atoms with Crippen LogP contribution in [0.3, 0.4) is 0 Å². The number of amides is 2. The zero-order valence-electron chi connectivity index (χ0n) is 11.1. The van der Waals surface area contributed by atoms with E-state index < -0.39 is 24.7 Å². The number of piperazine rings is 1. The SMILES string of the molecule is CCC1NC(=O)C(CC)N(CCCC(F)(F)F)C1=O. The van der Waals surface area contributed by atoms with E-state index in [0.717, 1.165) is 0 Å². The van der Waals surface area contributed by atoms with Crippen molar-refractivity contribution in [3.8, 4) is 0 Å². The van der Waals surface area contributed by atoms with Crippen LogP contribution in [0.1, 0.15) is 39.5 Å². The standard InChI is InChI=1S/C12H19F3N2O2/c1-3-8-11(19)17(7-5-6-12(13,14)15)9(4-2)10(18)16-8/h8-9H,3-7H2,1-2H3,(H,16,18). The van der Waals surface area contributed by atoms with Crippen molar-refractivity contribution < 1.29 is 22.8 Å². The molecule has 1 fully saturated rings. The van der Waals surface area contributed by atoms with Crippen molar-refractivity contribution in [1.29, 1.82) is 0 Å². The molecule has 7 heteroatoms. The topological polar surface area (TPSA) is 49.4 Å². The highest BCUT2D eigenvalue weighted by Crippen LogP contribution is 2.23. The van der Waals surface area contributed by atoms with Gasteiger partial charge in [0.1, 0.15) is 12.1 Å². The van der Waals surface area contributed by atoms with E-state index in [4.69, 9.17) is 0 Å². The Balaban J connectivity index is 2.68. The second-order valence-corrected chi connectivity index (χ2v) is 4.64. The first-order chi connectivity index (χ1) is 8.80. The summed E-state index contributed by atoms with van der Waals surface area (Å²) in [7, 11) is 0. The van der Waals surface area contributed by atoms with Crippen LogP contribution in [0.15, 0.2) is 0 Å². The quantitative estimate of drug-likeness (QED) is 0.835. The van der Waals surface area contributed by atoms with E-state index in [0.29, 0.717) is 12.8 Å². The van der Waals surface area contributed by atoms with Crippen molar-refractivity contribution in [3.63, 3.8) is 0 Å². The summed E-state index contributed by atoms with van der Waals surface area (Å²) in [6.45, 7) is 3.46. The molecule has 0 radical (unpaired) electrons. The third-order valence-corrected chi connectivity index (χ3v) is 3.23. The molecule has 2 amide bonds. The molecule has 0 saturated carbocycles. The normalized spacial score (nSPS) is 24.6. The Morgan fingerprint density at radius 1 is 1.21 bits per heavy atom. The molecular weight excluding hydrogens is 261 g/mol. The fraction of sp³-hybridized carbons (Fsp3) is 0.833. The van der Waals surface area contributed by atoms with Gasteiger partial charge >= 0.3 is 6.18 Å². The maximum Gasteiger partial charge on any atom is 0.389 e. The smallest absolute Gasteiger partial charge is 0.343 e. The Morgan fingerprint density at radius 2 is 1.84 bits per heavy atom. The summed E-state index contributed by atoms with van der Waals surface area (Å²) in [5, 5.41) is 2.60. The van der Waals surface area contributed by atoms with Crippen LogP contribution in [0, 0.1) is 0 Å². The summed E-state index contributed by atoms with van der Waals surface area (Å²) in [6.07, 6.45) is -4.50. The van der Waals surface area contributed by atoms with Crippen molar-refractivity contribution in [2.75, 3.05) is 6.54 Å². The molecule has 0 spiro atoms. The number of carbonyl (C=O) groups is 2. The van der Waals surface area contributed by atoms with E-state index in [9.17, 15) is 22.8 Å². The number of carbonyl (C=O) groups excluding carboxylic acids is 2. The summed E-state index contributed by atoms with van der Waals surface area (Å²) < 4.78 is 36.4. The molecule has 1 heterocycles. The molecule has 0 aromatic heterocycles. The third-order valence-electron chi connectivity index (χ3n) is 3.23. The molecule has 1 aliphatic rings. The van der Waals surface area contributed by atoms with Crippen LogP contribution in [-0.2, 0) is 9.59 Å². The van der Waals surface area contributed by atoms with Crippen LogP contribution in [0.5, 0.6) is 0 Å². The molecule has 0 aromatic rings. The van der Waals surface area contributed by atoms with Gasteiger partial charge in [0.25, 0.3) is 0 Å². The van der Waals surface area contributed by atoms with Gasteiger partial charge in [0.15, 0.2) is 0 Å². The van der Waals surface area contributed by atoms with Crippen molar-refractivity contribution in [2.45, 2.75) is 57.8 Å². The summed E-state index contributed by atoms with van der Waals surface area (Å²) in [5.74, 6) is -0.558. The molecule has 0 aliphatic carbocycles. The van der Waals surface area contributed by atoms with Gasteiger partial charge in [0.2, 0.25) is 11.8 Å². The van der Waals surface area contributed by atoms with Gasteiger partial charge in [-0.3, -0.25) is 9.59 Å². The lowest BCUT2D eigenvalue weighted by Crippen LogP contribution is -2.63. The van der Waals surface area contributed by atoms with E-state index in [-0.39, 0.29) is 24.8 Å². The molecule has 1 saturated heterocycles. The van der Waals surface area contributed by atoms with Crippen LogP contribution in [0.2, 0.25) is 0 Å². The predicted molar refractivity (Wildman–Crippen MR) is 63.3 cm³/mol. The number of rotatable bonds is 5. The minimum atomic E-state index is -4.23. The van der Waals surface area contributed by atoms with Gasteiger partial charge in [-0.05, 0) is 19.3 Å². The molecule has 0 bridgehead atoms. The van der Waals surface area contributed by atoms with Gasteiger partial charge in [-0.2, -0.15) is 13.2 Å². The Kier molecular flexibility index (Phi) is 5.20. The van der Waals surface area contributed by atoms with E-state index in [1.54, 1.807) is 13.8 Å². The highest BCUT2D eigenvalue weighted by Gasteiger charge is 2.38. The molecule has 2 atom stereocenters. The van der Waals surface area contributed by atoms with E-state index >= 15 is 0 Å². The second kappa shape index (κ2) is 6.25. The van der Waals surface area contributed by atoms with Crippen LogP contribution in [0.4, 0.5) is 13.2 Å². The molecule has 19 heavy (non-hydrogen) atoms. The number of halogens is 3. The lowest BCUT2D eigenvalue weighted by Gasteiger charge is -2.38.